The summed E-state index contributed by atoms with van der Waals surface area (Å²) < 4.78 is 1.96. The maximum absolute atomic E-state index is 12.5. The van der Waals surface area contributed by atoms with Crippen LogP contribution in [0, 0.1) is 6.92 Å². The Labute approximate surface area is 199 Å². The molecule has 4 rings (SSSR count). The molecule has 4 aromatic rings. The van der Waals surface area contributed by atoms with E-state index in [9.17, 15) is 4.79 Å². The molecule has 0 bridgehead atoms. The minimum atomic E-state index is -0.155. The van der Waals surface area contributed by atoms with Crippen LogP contribution in [0.4, 0.5) is 5.13 Å². The summed E-state index contributed by atoms with van der Waals surface area (Å²) in [5.41, 5.74) is 3.86. The average Bonchev–Trinajstić information content (AvgIpc) is 3.40. The van der Waals surface area contributed by atoms with Crippen LogP contribution in [0.5, 0.6) is 0 Å². The molecule has 0 atom stereocenters. The first-order valence-corrected chi connectivity index (χ1v) is 12.0. The van der Waals surface area contributed by atoms with Gasteiger partial charge in [-0.05, 0) is 25.1 Å². The van der Waals surface area contributed by atoms with E-state index in [1.54, 1.807) is 6.08 Å². The summed E-state index contributed by atoms with van der Waals surface area (Å²) in [7, 11) is 0. The summed E-state index contributed by atoms with van der Waals surface area (Å²) in [6.07, 6.45) is 1.79. The van der Waals surface area contributed by atoms with Crippen LogP contribution in [0.25, 0.3) is 22.6 Å². The van der Waals surface area contributed by atoms with E-state index < -0.39 is 0 Å². The number of hydrogen-bond donors (Lipinski definition) is 1. The zero-order valence-corrected chi connectivity index (χ0v) is 19.7. The van der Waals surface area contributed by atoms with E-state index in [0.717, 1.165) is 28.2 Å². The van der Waals surface area contributed by atoms with Gasteiger partial charge in [0.2, 0.25) is 5.91 Å². The molecule has 0 saturated carbocycles. The number of halogens is 1. The number of hydrogen-bond acceptors (Lipinski definition) is 6. The summed E-state index contributed by atoms with van der Waals surface area (Å²) in [5.74, 6) is 0.792. The van der Waals surface area contributed by atoms with Crippen LogP contribution >= 0.6 is 34.7 Å². The lowest BCUT2D eigenvalue weighted by Gasteiger charge is -2.08. The number of allylic oxidation sites excluding steroid dienone is 1. The van der Waals surface area contributed by atoms with Crippen molar-refractivity contribution in [2.45, 2.75) is 18.6 Å². The van der Waals surface area contributed by atoms with Crippen LogP contribution < -0.4 is 5.32 Å². The second-order valence-corrected chi connectivity index (χ2v) is 9.19. The van der Waals surface area contributed by atoms with Crippen LogP contribution in [0.1, 0.15) is 5.56 Å². The Kier molecular flexibility index (Phi) is 7.04. The Bertz CT molecular complexity index is 1250. The summed E-state index contributed by atoms with van der Waals surface area (Å²) in [5, 5.41) is 15.3. The highest BCUT2D eigenvalue weighted by Crippen LogP contribution is 2.27. The number of nitrogens with one attached hydrogen (secondary N) is 1. The van der Waals surface area contributed by atoms with Crippen molar-refractivity contribution in [2.24, 2.45) is 0 Å². The Balaban J connectivity index is 1.42. The molecule has 1 N–H and O–H groups in total. The molecule has 0 radical (unpaired) electrons. The number of carbonyl (C=O) groups excluding carboxylic acids is 1. The Morgan fingerprint density at radius 2 is 2.03 bits per heavy atom. The number of rotatable bonds is 8. The maximum atomic E-state index is 12.5. The Morgan fingerprint density at radius 3 is 2.78 bits per heavy atom. The molecule has 6 nitrogen and oxygen atoms in total. The van der Waals surface area contributed by atoms with Gasteiger partial charge in [0.25, 0.3) is 0 Å². The van der Waals surface area contributed by atoms with Gasteiger partial charge in [-0.2, -0.15) is 0 Å². The predicted molar refractivity (Wildman–Crippen MR) is 132 cm³/mol. The van der Waals surface area contributed by atoms with Crippen LogP contribution in [0.2, 0.25) is 5.02 Å². The van der Waals surface area contributed by atoms with Gasteiger partial charge in [0, 0.05) is 28.1 Å². The number of anilines is 1. The molecule has 162 valence electrons. The number of thiazole rings is 1. The van der Waals surface area contributed by atoms with Gasteiger partial charge in [-0.3, -0.25) is 9.36 Å². The van der Waals surface area contributed by atoms with Gasteiger partial charge in [-0.15, -0.1) is 28.1 Å². The lowest BCUT2D eigenvalue weighted by Crippen LogP contribution is -2.14. The van der Waals surface area contributed by atoms with Gasteiger partial charge >= 0.3 is 0 Å². The lowest BCUT2D eigenvalue weighted by molar-refractivity contribution is -0.113. The largest absolute Gasteiger partial charge is 0.301 e. The van der Waals surface area contributed by atoms with Crippen molar-refractivity contribution >= 4 is 45.7 Å². The second-order valence-electron chi connectivity index (χ2n) is 6.96. The fourth-order valence-corrected chi connectivity index (χ4v) is 4.67. The van der Waals surface area contributed by atoms with Crippen LogP contribution in [0.3, 0.4) is 0 Å². The van der Waals surface area contributed by atoms with Gasteiger partial charge in [0.05, 0.1) is 11.4 Å². The standard InChI is InChI=1S/C23H20ClN5OS2/c1-3-11-29-21(17-6-4-5-15(2)12-17)27-28-23(29)32-14-20(30)26-22-25-19(13-31-22)16-7-9-18(24)10-8-16/h3-10,12-13H,1,11,14H2,2H3,(H,25,26,30). The Morgan fingerprint density at radius 1 is 1.22 bits per heavy atom. The van der Waals surface area contributed by atoms with E-state index in [4.69, 9.17) is 11.6 Å². The number of amides is 1. The van der Waals surface area contributed by atoms with Crippen LogP contribution in [0.15, 0.2) is 71.7 Å². The van der Waals surface area contributed by atoms with E-state index >= 15 is 0 Å². The van der Waals surface area contributed by atoms with Crippen molar-refractivity contribution in [3.05, 3.63) is 77.2 Å². The third-order valence-electron chi connectivity index (χ3n) is 4.53. The quantitative estimate of drug-likeness (QED) is 0.249. The second kappa shape index (κ2) is 10.1. The molecule has 32 heavy (non-hydrogen) atoms. The fourth-order valence-electron chi connectivity index (χ4n) is 3.06. The highest BCUT2D eigenvalue weighted by molar-refractivity contribution is 7.99. The van der Waals surface area contributed by atoms with E-state index in [1.807, 2.05) is 59.3 Å². The van der Waals surface area contributed by atoms with Crippen molar-refractivity contribution in [3.8, 4) is 22.6 Å². The van der Waals surface area contributed by atoms with Crippen molar-refractivity contribution in [1.82, 2.24) is 19.7 Å². The SMILES string of the molecule is C=CCn1c(SCC(=O)Nc2nc(-c3ccc(Cl)cc3)cs2)nnc1-c1cccc(C)c1. The molecule has 0 unspecified atom stereocenters. The average molecular weight is 482 g/mol. The van der Waals surface area contributed by atoms with Crippen LogP contribution in [-0.2, 0) is 11.3 Å². The first kappa shape index (κ1) is 22.3. The van der Waals surface area contributed by atoms with Crippen molar-refractivity contribution < 1.29 is 4.79 Å². The monoisotopic (exact) mass is 481 g/mol. The smallest absolute Gasteiger partial charge is 0.236 e. The van der Waals surface area contributed by atoms with E-state index in [0.29, 0.717) is 21.9 Å². The molecule has 9 heteroatoms. The summed E-state index contributed by atoms with van der Waals surface area (Å²) in [6.45, 7) is 6.42. The summed E-state index contributed by atoms with van der Waals surface area (Å²) in [4.78, 5) is 17.0. The van der Waals surface area contributed by atoms with Gasteiger partial charge in [0.1, 0.15) is 0 Å². The first-order chi connectivity index (χ1) is 15.5. The number of aromatic nitrogens is 4. The van der Waals surface area contributed by atoms with E-state index in [1.165, 1.54) is 23.1 Å². The third-order valence-corrected chi connectivity index (χ3v) is 6.50. The number of aryl methyl sites for hydroxylation is 1. The molecule has 0 spiro atoms. The molecule has 0 aliphatic carbocycles. The number of carbonyl (C=O) groups is 1. The highest BCUT2D eigenvalue weighted by atomic mass is 35.5. The number of thioether (sulfide) groups is 1. The van der Waals surface area contributed by atoms with Gasteiger partial charge in [-0.25, -0.2) is 4.98 Å². The molecular weight excluding hydrogens is 462 g/mol. The van der Waals surface area contributed by atoms with Crippen LogP contribution in [-0.4, -0.2) is 31.4 Å². The molecule has 0 saturated heterocycles. The molecule has 2 aromatic heterocycles. The third kappa shape index (κ3) is 5.27. The van der Waals surface area contributed by atoms with Gasteiger partial charge in [0.15, 0.2) is 16.1 Å². The molecular formula is C23H20ClN5OS2. The first-order valence-electron chi connectivity index (χ1n) is 9.79. The normalized spacial score (nSPS) is 10.8. The highest BCUT2D eigenvalue weighted by Gasteiger charge is 2.16. The minimum Gasteiger partial charge on any atom is -0.301 e. The molecule has 2 aromatic carbocycles. The van der Waals surface area contributed by atoms with Crippen molar-refractivity contribution in [3.63, 3.8) is 0 Å². The molecule has 0 aliphatic rings. The zero-order valence-electron chi connectivity index (χ0n) is 17.3. The number of benzene rings is 2. The maximum Gasteiger partial charge on any atom is 0.236 e. The van der Waals surface area contributed by atoms with Crippen molar-refractivity contribution in [1.29, 1.82) is 0 Å². The molecule has 2 heterocycles. The molecule has 1 amide bonds. The van der Waals surface area contributed by atoms with Crippen molar-refractivity contribution in [2.75, 3.05) is 11.1 Å². The van der Waals surface area contributed by atoms with E-state index in [-0.39, 0.29) is 11.7 Å². The summed E-state index contributed by atoms with van der Waals surface area (Å²) >= 11 is 8.65. The lowest BCUT2D eigenvalue weighted by atomic mass is 10.1. The number of nitrogens with zero attached hydrogens (tertiary/aromatic N) is 4. The Hall–Kier alpha value is -2.94. The van der Waals surface area contributed by atoms with E-state index in [2.05, 4.69) is 33.1 Å². The van der Waals surface area contributed by atoms with Gasteiger partial charge < -0.3 is 5.32 Å². The minimum absolute atomic E-state index is 0.155. The zero-order chi connectivity index (χ0) is 22.5. The molecule has 0 fully saturated rings. The fraction of sp³-hybridized carbons (Fsp3) is 0.130. The topological polar surface area (TPSA) is 72.7 Å². The van der Waals surface area contributed by atoms with Gasteiger partial charge in [-0.1, -0.05) is 65.3 Å². The predicted octanol–water partition coefficient (Wildman–Crippen LogP) is 5.95. The summed E-state index contributed by atoms with van der Waals surface area (Å²) in [6, 6.07) is 15.5. The molecule has 0 aliphatic heterocycles.